The van der Waals surface area contributed by atoms with Crippen LogP contribution in [-0.2, 0) is 11.3 Å². The lowest BCUT2D eigenvalue weighted by molar-refractivity contribution is -0.120. The number of rotatable bonds is 6. The summed E-state index contributed by atoms with van der Waals surface area (Å²) in [6, 6.07) is 8.86. The quantitative estimate of drug-likeness (QED) is 0.649. The van der Waals surface area contributed by atoms with Gasteiger partial charge in [0, 0.05) is 16.5 Å². The Morgan fingerprint density at radius 3 is 2.78 bits per heavy atom. The van der Waals surface area contributed by atoms with Gasteiger partial charge in [-0.15, -0.1) is 23.7 Å². The fourth-order valence-electron chi connectivity index (χ4n) is 3.35. The number of amides is 2. The number of halogens is 2. The molecule has 1 fully saturated rings. The molecule has 0 unspecified atom stereocenters. The number of anilines is 1. The molecule has 0 bridgehead atoms. The van der Waals surface area contributed by atoms with Crippen LogP contribution in [0.4, 0.5) is 5.69 Å². The highest BCUT2D eigenvalue weighted by atomic mass is 35.5. The van der Waals surface area contributed by atoms with E-state index in [1.54, 1.807) is 29.5 Å². The van der Waals surface area contributed by atoms with E-state index in [1.165, 1.54) is 0 Å². The van der Waals surface area contributed by atoms with Crippen molar-refractivity contribution in [2.24, 2.45) is 17.6 Å². The molecule has 1 aliphatic carbocycles. The summed E-state index contributed by atoms with van der Waals surface area (Å²) < 4.78 is 0. The number of thiophene rings is 1. The van der Waals surface area contributed by atoms with Gasteiger partial charge in [0.25, 0.3) is 5.91 Å². The molecule has 2 amide bonds. The van der Waals surface area contributed by atoms with Crippen LogP contribution in [0.15, 0.2) is 35.7 Å². The maximum atomic E-state index is 12.5. The van der Waals surface area contributed by atoms with E-state index in [0.29, 0.717) is 29.4 Å². The lowest BCUT2D eigenvalue weighted by atomic mass is 9.95. The molecule has 0 spiro atoms. The zero-order valence-electron chi connectivity index (χ0n) is 14.7. The summed E-state index contributed by atoms with van der Waals surface area (Å²) in [4.78, 5) is 26.0. The Kier molecular flexibility index (Phi) is 8.10. The fraction of sp³-hybridized carbons (Fsp3) is 0.368. The van der Waals surface area contributed by atoms with Gasteiger partial charge < -0.3 is 16.4 Å². The van der Waals surface area contributed by atoms with Crippen molar-refractivity contribution >= 4 is 52.8 Å². The number of nitrogens with two attached hydrogens (primary N) is 1. The first kappa shape index (κ1) is 21.7. The van der Waals surface area contributed by atoms with Crippen molar-refractivity contribution in [1.29, 1.82) is 0 Å². The number of carbonyl (C=O) groups excluding carboxylic acids is 2. The Labute approximate surface area is 174 Å². The molecule has 1 aromatic heterocycles. The van der Waals surface area contributed by atoms with Gasteiger partial charge in [-0.25, -0.2) is 0 Å². The van der Waals surface area contributed by atoms with Gasteiger partial charge in [-0.1, -0.05) is 24.1 Å². The minimum atomic E-state index is -0.264. The molecular weight excluding hydrogens is 405 g/mol. The molecule has 5 nitrogen and oxygen atoms in total. The highest BCUT2D eigenvalue weighted by molar-refractivity contribution is 7.09. The molecule has 1 aliphatic rings. The van der Waals surface area contributed by atoms with Gasteiger partial charge in [-0.05, 0) is 54.9 Å². The van der Waals surface area contributed by atoms with Gasteiger partial charge >= 0.3 is 0 Å². The van der Waals surface area contributed by atoms with E-state index in [2.05, 4.69) is 10.6 Å². The van der Waals surface area contributed by atoms with Gasteiger partial charge in [0.1, 0.15) is 0 Å². The Hall–Kier alpha value is -1.60. The van der Waals surface area contributed by atoms with E-state index >= 15 is 0 Å². The molecular formula is C19H23Cl2N3O2S. The van der Waals surface area contributed by atoms with Crippen molar-refractivity contribution in [1.82, 2.24) is 5.32 Å². The summed E-state index contributed by atoms with van der Waals surface area (Å²) in [5.41, 5.74) is 6.69. The molecule has 146 valence electrons. The first-order valence-corrected chi connectivity index (χ1v) is 9.95. The fourth-order valence-corrected chi connectivity index (χ4v) is 4.20. The lowest BCUT2D eigenvalue weighted by Crippen LogP contribution is -2.30. The highest BCUT2D eigenvalue weighted by Crippen LogP contribution is 2.32. The van der Waals surface area contributed by atoms with Gasteiger partial charge in [0.15, 0.2) is 0 Å². The smallest absolute Gasteiger partial charge is 0.253 e. The molecule has 0 radical (unpaired) electrons. The van der Waals surface area contributed by atoms with Crippen molar-refractivity contribution in [3.8, 4) is 0 Å². The first-order chi connectivity index (χ1) is 12.6. The van der Waals surface area contributed by atoms with Crippen molar-refractivity contribution in [2.45, 2.75) is 25.8 Å². The van der Waals surface area contributed by atoms with E-state index in [1.807, 2.05) is 17.5 Å². The third-order valence-electron chi connectivity index (χ3n) is 4.78. The number of benzene rings is 1. The molecule has 3 rings (SSSR count). The summed E-state index contributed by atoms with van der Waals surface area (Å²) in [6.45, 7) is 0.971. The summed E-state index contributed by atoms with van der Waals surface area (Å²) in [5.74, 6) is -0.131. The van der Waals surface area contributed by atoms with Crippen LogP contribution in [0.3, 0.4) is 0 Å². The van der Waals surface area contributed by atoms with Crippen molar-refractivity contribution in [3.05, 3.63) is 51.2 Å². The predicted octanol–water partition coefficient (Wildman–Crippen LogP) is 4.07. The second kappa shape index (κ2) is 10.1. The van der Waals surface area contributed by atoms with E-state index in [-0.39, 0.29) is 36.1 Å². The molecule has 2 aromatic rings. The monoisotopic (exact) mass is 427 g/mol. The zero-order chi connectivity index (χ0) is 18.5. The summed E-state index contributed by atoms with van der Waals surface area (Å²) in [5, 5.41) is 8.08. The van der Waals surface area contributed by atoms with Crippen molar-refractivity contribution < 1.29 is 9.59 Å². The Bertz CT molecular complexity index is 783. The Balaban J connectivity index is 0.00000261. The minimum Gasteiger partial charge on any atom is -0.347 e. The van der Waals surface area contributed by atoms with Gasteiger partial charge in [0.05, 0.1) is 17.1 Å². The third kappa shape index (κ3) is 5.45. The van der Waals surface area contributed by atoms with Crippen LogP contribution in [0.1, 0.15) is 34.5 Å². The average molecular weight is 428 g/mol. The van der Waals surface area contributed by atoms with E-state index in [9.17, 15) is 9.59 Å². The van der Waals surface area contributed by atoms with Gasteiger partial charge in [-0.2, -0.15) is 0 Å². The van der Waals surface area contributed by atoms with Crippen LogP contribution in [0.5, 0.6) is 0 Å². The lowest BCUT2D eigenvalue weighted by Gasteiger charge is -2.18. The van der Waals surface area contributed by atoms with Crippen molar-refractivity contribution in [3.63, 3.8) is 0 Å². The highest BCUT2D eigenvalue weighted by Gasteiger charge is 2.32. The molecule has 8 heteroatoms. The second-order valence-electron chi connectivity index (χ2n) is 6.48. The SMILES string of the molecule is Cl.NC[C@H]1CCC[C@H]1C(=O)Nc1ccc(Cl)c(C(=O)NCc2cccs2)c1. The van der Waals surface area contributed by atoms with Crippen LogP contribution >= 0.6 is 35.3 Å². The van der Waals surface area contributed by atoms with Gasteiger partial charge in [0.2, 0.25) is 5.91 Å². The van der Waals surface area contributed by atoms with Crippen LogP contribution in [0, 0.1) is 11.8 Å². The van der Waals surface area contributed by atoms with Crippen molar-refractivity contribution in [2.75, 3.05) is 11.9 Å². The predicted molar refractivity (Wildman–Crippen MR) is 113 cm³/mol. The number of hydrogen-bond donors (Lipinski definition) is 3. The molecule has 1 aromatic carbocycles. The third-order valence-corrected chi connectivity index (χ3v) is 5.99. The average Bonchev–Trinajstić information content (AvgIpc) is 3.32. The zero-order valence-corrected chi connectivity index (χ0v) is 17.1. The Morgan fingerprint density at radius 2 is 2.07 bits per heavy atom. The normalized spacial score (nSPS) is 18.6. The topological polar surface area (TPSA) is 84.2 Å². The summed E-state index contributed by atoms with van der Waals surface area (Å²) in [7, 11) is 0. The maximum absolute atomic E-state index is 12.5. The first-order valence-electron chi connectivity index (χ1n) is 8.69. The summed E-state index contributed by atoms with van der Waals surface area (Å²) in [6.07, 6.45) is 2.87. The largest absolute Gasteiger partial charge is 0.347 e. The maximum Gasteiger partial charge on any atom is 0.253 e. The molecule has 0 aliphatic heterocycles. The molecule has 1 heterocycles. The van der Waals surface area contributed by atoms with Crippen LogP contribution in [0.2, 0.25) is 5.02 Å². The molecule has 1 saturated carbocycles. The second-order valence-corrected chi connectivity index (χ2v) is 7.92. The Morgan fingerprint density at radius 1 is 1.26 bits per heavy atom. The number of carbonyl (C=O) groups is 2. The molecule has 4 N–H and O–H groups in total. The molecule has 2 atom stereocenters. The minimum absolute atomic E-state index is 0. The van der Waals surface area contributed by atoms with Crippen LogP contribution < -0.4 is 16.4 Å². The van der Waals surface area contributed by atoms with Gasteiger partial charge in [-0.3, -0.25) is 9.59 Å². The van der Waals surface area contributed by atoms with E-state index in [0.717, 1.165) is 24.1 Å². The van der Waals surface area contributed by atoms with E-state index < -0.39 is 0 Å². The number of nitrogens with one attached hydrogen (secondary N) is 2. The standard InChI is InChI=1S/C19H22ClN3O2S.ClH/c20-17-7-6-13(23-19(25)15-5-1-3-12(15)10-21)9-16(17)18(24)22-11-14-4-2-8-26-14;/h2,4,6-9,12,15H,1,3,5,10-11,21H2,(H,22,24)(H,23,25);1H/t12-,15-;/m1./s1. The summed E-state index contributed by atoms with van der Waals surface area (Å²) >= 11 is 7.75. The van der Waals surface area contributed by atoms with Crippen LogP contribution in [-0.4, -0.2) is 18.4 Å². The van der Waals surface area contributed by atoms with Crippen LogP contribution in [0.25, 0.3) is 0 Å². The number of hydrogen-bond acceptors (Lipinski definition) is 4. The molecule has 27 heavy (non-hydrogen) atoms. The molecule has 0 saturated heterocycles. The van der Waals surface area contributed by atoms with E-state index in [4.69, 9.17) is 17.3 Å².